The van der Waals surface area contributed by atoms with Crippen LogP contribution in [0.4, 0.5) is 0 Å². The normalized spacial score (nSPS) is 11.6. The first kappa shape index (κ1) is 34.8. The minimum absolute atomic E-state index is 0.611. The van der Waals surface area contributed by atoms with E-state index < -0.39 is 0 Å². The van der Waals surface area contributed by atoms with Crippen molar-refractivity contribution in [3.63, 3.8) is 0 Å². The van der Waals surface area contributed by atoms with Gasteiger partial charge in [-0.05, 0) is 90.0 Å². The van der Waals surface area contributed by atoms with Crippen molar-refractivity contribution in [3.8, 4) is 67.5 Å². The van der Waals surface area contributed by atoms with Gasteiger partial charge in [-0.1, -0.05) is 188 Å². The maximum atomic E-state index is 6.21. The molecule has 0 radical (unpaired) electrons. The van der Waals surface area contributed by atoms with Crippen molar-refractivity contribution in [2.24, 2.45) is 0 Å². The van der Waals surface area contributed by atoms with Crippen LogP contribution in [0.15, 0.2) is 217 Å². The summed E-state index contributed by atoms with van der Waals surface area (Å²) in [5.74, 6) is 1.84. The van der Waals surface area contributed by atoms with Crippen molar-refractivity contribution < 1.29 is 4.42 Å². The van der Waals surface area contributed by atoms with E-state index in [1.54, 1.807) is 0 Å². The molecule has 0 bridgehead atoms. The molecule has 284 valence electrons. The van der Waals surface area contributed by atoms with Gasteiger partial charge >= 0.3 is 0 Å². The third-order valence-corrected chi connectivity index (χ3v) is 11.9. The van der Waals surface area contributed by atoms with Gasteiger partial charge in [-0.3, -0.25) is 0 Å². The predicted octanol–water partition coefficient (Wildman–Crippen LogP) is 15.2. The molecule has 2 aromatic heterocycles. The van der Waals surface area contributed by atoms with Crippen LogP contribution in [0.1, 0.15) is 0 Å². The van der Waals surface area contributed by atoms with E-state index in [2.05, 4.69) is 188 Å². The van der Waals surface area contributed by atoms with E-state index in [4.69, 9.17) is 19.4 Å². The summed E-state index contributed by atoms with van der Waals surface area (Å²) in [7, 11) is 0. The number of nitrogens with zero attached hydrogens (tertiary/aromatic N) is 3. The zero-order valence-corrected chi connectivity index (χ0v) is 33.0. The molecule has 0 aliphatic rings. The molecule has 0 fully saturated rings. The Labute approximate surface area is 352 Å². The fourth-order valence-corrected chi connectivity index (χ4v) is 8.96. The molecule has 0 saturated heterocycles. The molecule has 0 amide bonds. The fourth-order valence-electron chi connectivity index (χ4n) is 8.96. The Morgan fingerprint density at radius 3 is 1.61 bits per heavy atom. The lowest BCUT2D eigenvalue weighted by Crippen LogP contribution is -2.00. The number of aromatic nitrogens is 3. The maximum Gasteiger partial charge on any atom is 0.164 e. The van der Waals surface area contributed by atoms with Gasteiger partial charge in [0.05, 0.1) is 0 Å². The maximum absolute atomic E-state index is 6.21. The van der Waals surface area contributed by atoms with E-state index in [1.165, 1.54) is 37.9 Å². The van der Waals surface area contributed by atoms with E-state index >= 15 is 0 Å². The second kappa shape index (κ2) is 14.3. The molecule has 12 rings (SSSR count). The van der Waals surface area contributed by atoms with Gasteiger partial charge in [-0.15, -0.1) is 0 Å². The molecule has 12 aromatic rings. The van der Waals surface area contributed by atoms with E-state index in [0.717, 1.165) is 66.4 Å². The summed E-state index contributed by atoms with van der Waals surface area (Å²) in [6, 6.07) is 74.7. The quantitative estimate of drug-likeness (QED) is 0.125. The summed E-state index contributed by atoms with van der Waals surface area (Å²) < 4.78 is 6.21. The van der Waals surface area contributed by atoms with Gasteiger partial charge in [0.1, 0.15) is 11.2 Å². The molecule has 10 aromatic carbocycles. The monoisotopic (exact) mass is 777 g/mol. The van der Waals surface area contributed by atoms with Crippen LogP contribution in [0.3, 0.4) is 0 Å². The van der Waals surface area contributed by atoms with Crippen LogP contribution in [-0.4, -0.2) is 15.0 Å². The molecule has 4 heteroatoms. The average molecular weight is 778 g/mol. The number of hydrogen-bond donors (Lipinski definition) is 0. The number of para-hydroxylation sites is 1. The number of benzene rings is 10. The Balaban J connectivity index is 0.985. The lowest BCUT2D eigenvalue weighted by molar-refractivity contribution is 0.669. The number of hydrogen-bond acceptors (Lipinski definition) is 4. The molecule has 0 unspecified atom stereocenters. The van der Waals surface area contributed by atoms with E-state index in [1.807, 2.05) is 24.3 Å². The molecular weight excluding hydrogens is 743 g/mol. The molecule has 0 aliphatic carbocycles. The van der Waals surface area contributed by atoms with Gasteiger partial charge in [-0.25, -0.2) is 15.0 Å². The third kappa shape index (κ3) is 6.04. The van der Waals surface area contributed by atoms with Crippen molar-refractivity contribution in [3.05, 3.63) is 212 Å². The Morgan fingerprint density at radius 2 is 0.836 bits per heavy atom. The largest absolute Gasteiger partial charge is 0.456 e. The molecule has 0 atom stereocenters. The summed E-state index contributed by atoms with van der Waals surface area (Å²) in [5.41, 5.74) is 11.3. The molecule has 0 aliphatic heterocycles. The van der Waals surface area contributed by atoms with Crippen LogP contribution >= 0.6 is 0 Å². The first-order chi connectivity index (χ1) is 30.2. The SMILES string of the molecule is c1ccc(-c2cccc(-c3nc(-c4ccc(-c5c6ccccc6cc6c5ccc5ccccc56)cc4)nc(-c4ccc(-c5cccc6oc7ccccc7c56)cc4)n3)c2)cc1. The molecule has 4 nitrogen and oxygen atoms in total. The van der Waals surface area contributed by atoms with Gasteiger partial charge in [0.15, 0.2) is 17.5 Å². The average Bonchev–Trinajstić information content (AvgIpc) is 3.73. The summed E-state index contributed by atoms with van der Waals surface area (Å²) in [6.07, 6.45) is 0. The number of furan rings is 1. The second-order valence-electron chi connectivity index (χ2n) is 15.5. The highest BCUT2D eigenvalue weighted by atomic mass is 16.3. The smallest absolute Gasteiger partial charge is 0.164 e. The molecule has 0 N–H and O–H groups in total. The predicted molar refractivity (Wildman–Crippen MR) is 252 cm³/mol. The Kier molecular flexibility index (Phi) is 8.13. The van der Waals surface area contributed by atoms with E-state index in [-0.39, 0.29) is 0 Å². The highest BCUT2D eigenvalue weighted by Crippen LogP contribution is 2.41. The topological polar surface area (TPSA) is 51.8 Å². The van der Waals surface area contributed by atoms with Gasteiger partial charge in [0.2, 0.25) is 0 Å². The van der Waals surface area contributed by atoms with E-state index in [0.29, 0.717) is 17.5 Å². The van der Waals surface area contributed by atoms with Gasteiger partial charge in [0.25, 0.3) is 0 Å². The van der Waals surface area contributed by atoms with Crippen molar-refractivity contribution >= 4 is 54.3 Å². The van der Waals surface area contributed by atoms with Crippen molar-refractivity contribution in [1.82, 2.24) is 15.0 Å². The number of rotatable bonds is 6. The second-order valence-corrected chi connectivity index (χ2v) is 15.5. The molecule has 61 heavy (non-hydrogen) atoms. The van der Waals surface area contributed by atoms with Crippen LogP contribution in [0.2, 0.25) is 0 Å². The standard InChI is InChI=1S/C57H35N3O/c1-2-12-36(13-3-1)42-16-10-17-44(34-42)57-59-55(40-28-24-38(25-29-40)46-21-11-23-52-54(46)49-20-8-9-22-51(49)61-52)58-56(60-57)41-30-26-39(27-31-41)53-47-19-7-5-15-43(47)35-50-45-18-6-4-14-37(45)32-33-48(50)53/h1-35H. The highest BCUT2D eigenvalue weighted by molar-refractivity contribution is 6.20. The first-order valence-electron chi connectivity index (χ1n) is 20.6. The molecule has 0 spiro atoms. The Hall–Kier alpha value is -8.21. The van der Waals surface area contributed by atoms with Crippen molar-refractivity contribution in [2.45, 2.75) is 0 Å². The van der Waals surface area contributed by atoms with E-state index in [9.17, 15) is 0 Å². The summed E-state index contributed by atoms with van der Waals surface area (Å²) >= 11 is 0. The van der Waals surface area contributed by atoms with Crippen LogP contribution in [0, 0.1) is 0 Å². The molecule has 0 saturated carbocycles. The Morgan fingerprint density at radius 1 is 0.279 bits per heavy atom. The number of fused-ring (bicyclic) bond motifs is 7. The van der Waals surface area contributed by atoms with Gasteiger partial charge < -0.3 is 4.42 Å². The van der Waals surface area contributed by atoms with Gasteiger partial charge in [0, 0.05) is 27.5 Å². The summed E-state index contributed by atoms with van der Waals surface area (Å²) in [5, 5.41) is 9.63. The minimum atomic E-state index is 0.611. The summed E-state index contributed by atoms with van der Waals surface area (Å²) in [4.78, 5) is 15.5. The summed E-state index contributed by atoms with van der Waals surface area (Å²) in [6.45, 7) is 0. The van der Waals surface area contributed by atoms with Gasteiger partial charge in [-0.2, -0.15) is 0 Å². The van der Waals surface area contributed by atoms with Crippen LogP contribution in [-0.2, 0) is 0 Å². The van der Waals surface area contributed by atoms with Crippen molar-refractivity contribution in [1.29, 1.82) is 0 Å². The highest BCUT2D eigenvalue weighted by Gasteiger charge is 2.17. The molecule has 2 heterocycles. The lowest BCUT2D eigenvalue weighted by Gasteiger charge is -2.14. The Bertz CT molecular complexity index is 3630. The lowest BCUT2D eigenvalue weighted by atomic mass is 9.89. The minimum Gasteiger partial charge on any atom is -0.456 e. The molecular formula is C57H35N3O. The zero-order valence-electron chi connectivity index (χ0n) is 33.0. The van der Waals surface area contributed by atoms with Crippen LogP contribution in [0.5, 0.6) is 0 Å². The zero-order chi connectivity index (χ0) is 40.3. The van der Waals surface area contributed by atoms with Crippen molar-refractivity contribution in [2.75, 3.05) is 0 Å². The van der Waals surface area contributed by atoms with Crippen LogP contribution < -0.4 is 0 Å². The fraction of sp³-hybridized carbons (Fsp3) is 0. The first-order valence-corrected chi connectivity index (χ1v) is 20.6. The van der Waals surface area contributed by atoms with Crippen LogP contribution in [0.25, 0.3) is 122 Å². The third-order valence-electron chi connectivity index (χ3n) is 11.9.